The summed E-state index contributed by atoms with van der Waals surface area (Å²) in [4.78, 5) is 12.6. The van der Waals surface area contributed by atoms with Crippen molar-refractivity contribution in [2.45, 2.75) is 70.8 Å². The van der Waals surface area contributed by atoms with Gasteiger partial charge in [0.05, 0.1) is 24.2 Å². The number of rotatable bonds is 2. The Kier molecular flexibility index (Phi) is 3.57. The van der Waals surface area contributed by atoms with Gasteiger partial charge < -0.3 is 15.3 Å². The fraction of sp³-hybridized carbons (Fsp3) is 0.950. The van der Waals surface area contributed by atoms with Gasteiger partial charge in [0.15, 0.2) is 0 Å². The average molecular weight is 336 g/mol. The highest BCUT2D eigenvalue weighted by atomic mass is 16.3. The summed E-state index contributed by atoms with van der Waals surface area (Å²) in [5, 5.41) is 30.6. The van der Waals surface area contributed by atoms with Crippen LogP contribution < -0.4 is 0 Å². The highest BCUT2D eigenvalue weighted by molar-refractivity contribution is 5.86. The second-order valence-electron chi connectivity index (χ2n) is 9.80. The normalized spacial score (nSPS) is 56.7. The number of fused-ring (bicyclic) bond motifs is 2. The molecule has 136 valence electrons. The number of carbonyl (C=O) groups is 1. The number of aliphatic hydroxyl groups is 3. The van der Waals surface area contributed by atoms with Gasteiger partial charge in [0.25, 0.3) is 0 Å². The van der Waals surface area contributed by atoms with E-state index in [1.807, 2.05) is 6.92 Å². The van der Waals surface area contributed by atoms with Crippen LogP contribution in [-0.4, -0.2) is 39.9 Å². The molecule has 3 N–H and O–H groups in total. The predicted octanol–water partition coefficient (Wildman–Crippen LogP) is 2.29. The van der Waals surface area contributed by atoms with E-state index >= 15 is 0 Å². The molecule has 7 atom stereocenters. The van der Waals surface area contributed by atoms with Gasteiger partial charge >= 0.3 is 0 Å². The second kappa shape index (κ2) is 5.05. The van der Waals surface area contributed by atoms with E-state index in [-0.39, 0.29) is 41.7 Å². The fourth-order valence-corrected chi connectivity index (χ4v) is 7.73. The number of hydrogen-bond acceptors (Lipinski definition) is 4. The first-order valence-electron chi connectivity index (χ1n) is 9.73. The molecule has 4 aliphatic carbocycles. The number of Topliss-reactive ketones (excluding diaryl/α,β-unsaturated/α-hetero) is 1. The lowest BCUT2D eigenvalue weighted by atomic mass is 9.39. The van der Waals surface area contributed by atoms with Crippen LogP contribution >= 0.6 is 0 Å². The third-order valence-corrected chi connectivity index (χ3v) is 9.32. The first-order chi connectivity index (χ1) is 11.3. The molecule has 4 nitrogen and oxygen atoms in total. The molecule has 4 heteroatoms. The van der Waals surface area contributed by atoms with E-state index in [1.165, 1.54) is 0 Å². The zero-order valence-electron chi connectivity index (χ0n) is 15.1. The van der Waals surface area contributed by atoms with E-state index < -0.39 is 11.0 Å². The third-order valence-electron chi connectivity index (χ3n) is 9.32. The summed E-state index contributed by atoms with van der Waals surface area (Å²) in [6, 6.07) is 0. The van der Waals surface area contributed by atoms with Gasteiger partial charge in [0, 0.05) is 6.42 Å². The van der Waals surface area contributed by atoms with Crippen molar-refractivity contribution < 1.29 is 20.1 Å². The third kappa shape index (κ3) is 1.78. The molecule has 2 bridgehead atoms. The van der Waals surface area contributed by atoms with Crippen molar-refractivity contribution in [1.29, 1.82) is 0 Å². The van der Waals surface area contributed by atoms with Crippen LogP contribution in [0.3, 0.4) is 0 Å². The van der Waals surface area contributed by atoms with Gasteiger partial charge in [-0.1, -0.05) is 13.8 Å². The van der Waals surface area contributed by atoms with Crippen molar-refractivity contribution in [3.05, 3.63) is 0 Å². The van der Waals surface area contributed by atoms with Crippen LogP contribution in [0.15, 0.2) is 0 Å². The Bertz CT molecular complexity index is 562. The minimum Gasteiger partial charge on any atom is -0.395 e. The summed E-state index contributed by atoms with van der Waals surface area (Å²) in [6.07, 6.45) is 7.24. The lowest BCUT2D eigenvalue weighted by Crippen LogP contribution is -2.62. The molecule has 0 heterocycles. The summed E-state index contributed by atoms with van der Waals surface area (Å²) in [6.45, 7) is 4.17. The van der Waals surface area contributed by atoms with E-state index in [2.05, 4.69) is 6.92 Å². The highest BCUT2D eigenvalue weighted by Gasteiger charge is 2.70. The van der Waals surface area contributed by atoms with Crippen LogP contribution in [0, 0.1) is 34.0 Å². The topological polar surface area (TPSA) is 77.8 Å². The van der Waals surface area contributed by atoms with Gasteiger partial charge in [-0.05, 0) is 73.5 Å². The molecular weight excluding hydrogens is 304 g/mol. The first kappa shape index (κ1) is 17.0. The molecule has 0 unspecified atom stereocenters. The van der Waals surface area contributed by atoms with Crippen LogP contribution in [0.4, 0.5) is 0 Å². The maximum absolute atomic E-state index is 12.6. The number of ketones is 1. The SMILES string of the molecule is C[C@@]1(CO)C(=O)CC[C@]2(C)[C@@H]1CC[C@@H]1C[C@H]3C[C@]12CC[C@@]3(O)CO. The summed E-state index contributed by atoms with van der Waals surface area (Å²) in [5.74, 6) is 1.27. The van der Waals surface area contributed by atoms with E-state index in [4.69, 9.17) is 0 Å². The molecule has 0 amide bonds. The molecule has 4 aliphatic rings. The molecule has 0 radical (unpaired) electrons. The lowest BCUT2D eigenvalue weighted by molar-refractivity contribution is -0.190. The molecule has 4 rings (SSSR count). The van der Waals surface area contributed by atoms with Gasteiger partial charge in [-0.3, -0.25) is 4.79 Å². The highest BCUT2D eigenvalue weighted by Crippen LogP contribution is 2.74. The Morgan fingerprint density at radius 2 is 1.79 bits per heavy atom. The molecule has 0 aromatic rings. The van der Waals surface area contributed by atoms with Crippen LogP contribution in [0.2, 0.25) is 0 Å². The molecule has 4 fully saturated rings. The molecule has 0 saturated heterocycles. The van der Waals surface area contributed by atoms with Crippen molar-refractivity contribution in [2.24, 2.45) is 34.0 Å². The number of hydrogen-bond donors (Lipinski definition) is 3. The minimum absolute atomic E-state index is 0.0448. The second-order valence-corrected chi connectivity index (χ2v) is 9.80. The van der Waals surface area contributed by atoms with Gasteiger partial charge in [-0.2, -0.15) is 0 Å². The zero-order valence-corrected chi connectivity index (χ0v) is 15.1. The van der Waals surface area contributed by atoms with Crippen LogP contribution in [-0.2, 0) is 4.79 Å². The van der Waals surface area contributed by atoms with E-state index in [0.717, 1.165) is 38.5 Å². The predicted molar refractivity (Wildman–Crippen MR) is 90.2 cm³/mol. The molecule has 24 heavy (non-hydrogen) atoms. The smallest absolute Gasteiger partial charge is 0.141 e. The fourth-order valence-electron chi connectivity index (χ4n) is 7.73. The molecule has 0 aromatic heterocycles. The monoisotopic (exact) mass is 336 g/mol. The summed E-state index contributed by atoms with van der Waals surface area (Å²) in [7, 11) is 0. The molecule has 1 spiro atoms. The van der Waals surface area contributed by atoms with Gasteiger partial charge in [0.2, 0.25) is 0 Å². The van der Waals surface area contributed by atoms with Crippen LogP contribution in [0.25, 0.3) is 0 Å². The Labute approximate surface area is 144 Å². The molecule has 4 saturated carbocycles. The zero-order chi connectivity index (χ0) is 17.4. The van der Waals surface area contributed by atoms with Crippen LogP contribution in [0.5, 0.6) is 0 Å². The van der Waals surface area contributed by atoms with Gasteiger partial charge in [0.1, 0.15) is 5.78 Å². The Balaban J connectivity index is 1.76. The van der Waals surface area contributed by atoms with Gasteiger partial charge in [-0.25, -0.2) is 0 Å². The van der Waals surface area contributed by atoms with Crippen molar-refractivity contribution in [1.82, 2.24) is 0 Å². The van der Waals surface area contributed by atoms with Gasteiger partial charge in [-0.15, -0.1) is 0 Å². The van der Waals surface area contributed by atoms with Crippen molar-refractivity contribution in [2.75, 3.05) is 13.2 Å². The van der Waals surface area contributed by atoms with Crippen molar-refractivity contribution >= 4 is 5.78 Å². The molecule has 0 aliphatic heterocycles. The standard InChI is InChI=1S/C20H32O4/c1-17(11-21)15-4-3-13-9-14-10-19(13,7-8-20(14,24)12-22)18(15,2)6-5-16(17)23/h13-15,21-22,24H,3-12H2,1-2H3/t13-,14+,15-,17+,18-,19-,20-/m1/s1. The summed E-state index contributed by atoms with van der Waals surface area (Å²) < 4.78 is 0. The van der Waals surface area contributed by atoms with E-state index in [0.29, 0.717) is 18.8 Å². The molecular formula is C20H32O4. The average Bonchev–Trinajstić information content (AvgIpc) is 2.93. The minimum atomic E-state index is -0.904. The number of aliphatic hydroxyl groups excluding tert-OH is 2. The Morgan fingerprint density at radius 1 is 1.04 bits per heavy atom. The maximum atomic E-state index is 12.6. The summed E-state index contributed by atoms with van der Waals surface area (Å²) >= 11 is 0. The first-order valence-corrected chi connectivity index (χ1v) is 9.73. The Hall–Kier alpha value is -0.450. The van der Waals surface area contributed by atoms with Crippen molar-refractivity contribution in [3.63, 3.8) is 0 Å². The number of carbonyl (C=O) groups excluding carboxylic acids is 1. The summed E-state index contributed by atoms with van der Waals surface area (Å²) in [5.41, 5.74) is -1.26. The van der Waals surface area contributed by atoms with E-state index in [9.17, 15) is 20.1 Å². The Morgan fingerprint density at radius 3 is 2.46 bits per heavy atom. The molecule has 0 aromatic carbocycles. The van der Waals surface area contributed by atoms with Crippen molar-refractivity contribution in [3.8, 4) is 0 Å². The quantitative estimate of drug-likeness (QED) is 0.723. The van der Waals surface area contributed by atoms with E-state index in [1.54, 1.807) is 0 Å². The maximum Gasteiger partial charge on any atom is 0.141 e. The lowest BCUT2D eigenvalue weighted by Gasteiger charge is -2.65. The van der Waals surface area contributed by atoms with Crippen LogP contribution in [0.1, 0.15) is 65.2 Å². The largest absolute Gasteiger partial charge is 0.395 e.